The van der Waals surface area contributed by atoms with Gasteiger partial charge in [-0.25, -0.2) is 8.78 Å². The quantitative estimate of drug-likeness (QED) is 0.636. The minimum atomic E-state index is -0.695. The fourth-order valence-corrected chi connectivity index (χ4v) is 3.96. The Morgan fingerprint density at radius 1 is 1.10 bits per heavy atom. The molecule has 0 saturated carbocycles. The van der Waals surface area contributed by atoms with Crippen LogP contribution < -0.4 is 4.74 Å². The molecule has 6 heteroatoms. The van der Waals surface area contributed by atoms with Gasteiger partial charge in [0.15, 0.2) is 0 Å². The van der Waals surface area contributed by atoms with Gasteiger partial charge in [-0.3, -0.25) is 9.78 Å². The highest BCUT2D eigenvalue weighted by Gasteiger charge is 2.27. The average molecular weight is 396 g/mol. The van der Waals surface area contributed by atoms with Gasteiger partial charge in [0.2, 0.25) is 0 Å². The number of pyridine rings is 1. The van der Waals surface area contributed by atoms with Crippen LogP contribution in [0.1, 0.15) is 40.4 Å². The number of benzene rings is 2. The zero-order chi connectivity index (χ0) is 20.5. The molecule has 1 aliphatic heterocycles. The molecule has 0 radical (unpaired) electrons. The Kier molecular flexibility index (Phi) is 5.18. The van der Waals surface area contributed by atoms with Crippen molar-refractivity contribution in [3.63, 3.8) is 0 Å². The number of hydrogen-bond acceptors (Lipinski definition) is 3. The van der Waals surface area contributed by atoms with Gasteiger partial charge < -0.3 is 9.64 Å². The lowest BCUT2D eigenvalue weighted by molar-refractivity contribution is 0.0707. The number of likely N-dealkylation sites (tertiary alicyclic amines) is 1. The highest BCUT2D eigenvalue weighted by atomic mass is 19.1. The van der Waals surface area contributed by atoms with Crippen LogP contribution in [0.5, 0.6) is 5.75 Å². The maximum Gasteiger partial charge on any atom is 0.256 e. The van der Waals surface area contributed by atoms with Crippen molar-refractivity contribution in [3.8, 4) is 5.75 Å². The van der Waals surface area contributed by atoms with E-state index in [4.69, 9.17) is 4.74 Å². The summed E-state index contributed by atoms with van der Waals surface area (Å²) in [7, 11) is 1.66. The number of halogens is 2. The Hall–Kier alpha value is -3.02. The van der Waals surface area contributed by atoms with Crippen molar-refractivity contribution in [1.82, 2.24) is 9.88 Å². The van der Waals surface area contributed by atoms with E-state index < -0.39 is 17.5 Å². The summed E-state index contributed by atoms with van der Waals surface area (Å²) in [6.07, 6.45) is 3.32. The van der Waals surface area contributed by atoms with Crippen molar-refractivity contribution in [2.75, 3.05) is 20.2 Å². The lowest BCUT2D eigenvalue weighted by atomic mass is 9.91. The van der Waals surface area contributed by atoms with Gasteiger partial charge in [-0.15, -0.1) is 0 Å². The zero-order valence-electron chi connectivity index (χ0n) is 16.4. The van der Waals surface area contributed by atoms with E-state index in [1.54, 1.807) is 12.0 Å². The van der Waals surface area contributed by atoms with Crippen molar-refractivity contribution >= 4 is 16.7 Å². The molecule has 1 amide bonds. The van der Waals surface area contributed by atoms with Gasteiger partial charge >= 0.3 is 0 Å². The Morgan fingerprint density at radius 3 is 2.59 bits per heavy atom. The average Bonchev–Trinajstić information content (AvgIpc) is 2.74. The smallest absolute Gasteiger partial charge is 0.256 e. The van der Waals surface area contributed by atoms with E-state index >= 15 is 0 Å². The Labute approximate surface area is 168 Å². The minimum absolute atomic E-state index is 0.213. The summed E-state index contributed by atoms with van der Waals surface area (Å²) in [5, 5.41) is 2.12. The van der Waals surface area contributed by atoms with E-state index in [-0.39, 0.29) is 11.5 Å². The monoisotopic (exact) mass is 396 g/mol. The van der Waals surface area contributed by atoms with Crippen molar-refractivity contribution in [1.29, 1.82) is 0 Å². The summed E-state index contributed by atoms with van der Waals surface area (Å²) in [5.74, 6) is -0.720. The van der Waals surface area contributed by atoms with Crippen LogP contribution in [-0.4, -0.2) is 36.0 Å². The Balaban J connectivity index is 1.50. The van der Waals surface area contributed by atoms with Gasteiger partial charge in [-0.05, 0) is 67.1 Å². The third-order valence-electron chi connectivity index (χ3n) is 5.62. The number of carbonyl (C=O) groups is 1. The molecule has 1 fully saturated rings. The molecule has 3 aromatic rings. The molecule has 1 saturated heterocycles. The van der Waals surface area contributed by atoms with E-state index in [9.17, 15) is 13.6 Å². The van der Waals surface area contributed by atoms with Gasteiger partial charge in [-0.1, -0.05) is 0 Å². The van der Waals surface area contributed by atoms with Crippen molar-refractivity contribution in [2.24, 2.45) is 0 Å². The molecular weight excluding hydrogens is 374 g/mol. The number of aromatic nitrogens is 1. The fourth-order valence-electron chi connectivity index (χ4n) is 3.96. The maximum absolute atomic E-state index is 13.9. The second kappa shape index (κ2) is 7.78. The number of piperidine rings is 1. The molecule has 0 unspecified atom stereocenters. The van der Waals surface area contributed by atoms with Crippen LogP contribution in [0.3, 0.4) is 0 Å². The summed E-state index contributed by atoms with van der Waals surface area (Å²) in [4.78, 5) is 18.8. The van der Waals surface area contributed by atoms with Crippen molar-refractivity contribution in [3.05, 3.63) is 71.1 Å². The molecule has 0 atom stereocenters. The van der Waals surface area contributed by atoms with E-state index in [1.165, 1.54) is 0 Å². The van der Waals surface area contributed by atoms with Crippen molar-refractivity contribution < 1.29 is 18.3 Å². The number of fused-ring (bicyclic) bond motifs is 1. The number of amides is 1. The van der Waals surface area contributed by atoms with Crippen LogP contribution in [-0.2, 0) is 0 Å². The third kappa shape index (κ3) is 3.79. The number of methoxy groups -OCH3 is 1. The number of rotatable bonds is 3. The Morgan fingerprint density at radius 2 is 1.86 bits per heavy atom. The molecule has 0 bridgehead atoms. The highest BCUT2D eigenvalue weighted by molar-refractivity contribution is 5.94. The van der Waals surface area contributed by atoms with Gasteiger partial charge in [0.1, 0.15) is 17.4 Å². The lowest BCUT2D eigenvalue weighted by Crippen LogP contribution is -2.38. The maximum atomic E-state index is 13.9. The molecule has 1 aromatic heterocycles. The van der Waals surface area contributed by atoms with E-state index in [1.807, 2.05) is 19.2 Å². The molecule has 0 N–H and O–H groups in total. The number of ether oxygens (including phenoxy) is 1. The van der Waals surface area contributed by atoms with Gasteiger partial charge in [0.05, 0.1) is 12.7 Å². The van der Waals surface area contributed by atoms with E-state index in [0.717, 1.165) is 58.8 Å². The molecule has 0 aliphatic carbocycles. The number of carbonyl (C=O) groups excluding carboxylic acids is 1. The van der Waals surface area contributed by atoms with Gasteiger partial charge in [0.25, 0.3) is 5.91 Å². The molecule has 150 valence electrons. The summed E-state index contributed by atoms with van der Waals surface area (Å²) in [6, 6.07) is 9.11. The second-order valence-electron chi connectivity index (χ2n) is 7.47. The standard InChI is InChI=1S/C23H22F2N2O2/c1-14-9-17-13-26-21(10-16(17)11-22(14)29-2)15-5-7-27(8-6-15)23(28)19-12-18(24)3-4-20(19)25/h3-4,9-13,15H,5-8H2,1-2H3. The summed E-state index contributed by atoms with van der Waals surface area (Å²) < 4.78 is 32.7. The Bertz CT molecular complexity index is 1080. The summed E-state index contributed by atoms with van der Waals surface area (Å²) >= 11 is 0. The number of nitrogens with zero attached hydrogens (tertiary/aromatic N) is 2. The van der Waals surface area contributed by atoms with E-state index in [2.05, 4.69) is 17.1 Å². The normalized spacial score (nSPS) is 15.0. The van der Waals surface area contributed by atoms with Crippen LogP contribution in [0.2, 0.25) is 0 Å². The first-order valence-electron chi connectivity index (χ1n) is 9.65. The first-order valence-corrected chi connectivity index (χ1v) is 9.65. The zero-order valence-corrected chi connectivity index (χ0v) is 16.4. The number of hydrogen-bond donors (Lipinski definition) is 0. The SMILES string of the molecule is COc1cc2cc(C3CCN(C(=O)c4cc(F)ccc4F)CC3)ncc2cc1C. The molecule has 4 nitrogen and oxygen atoms in total. The second-order valence-corrected chi connectivity index (χ2v) is 7.47. The van der Waals surface area contributed by atoms with Crippen LogP contribution >= 0.6 is 0 Å². The van der Waals surface area contributed by atoms with Gasteiger partial charge in [0, 0.05) is 36.3 Å². The largest absolute Gasteiger partial charge is 0.496 e. The molecule has 29 heavy (non-hydrogen) atoms. The fraction of sp³-hybridized carbons (Fsp3) is 0.304. The minimum Gasteiger partial charge on any atom is -0.496 e. The predicted octanol–water partition coefficient (Wildman–Crippen LogP) is 4.85. The van der Waals surface area contributed by atoms with Crippen LogP contribution in [0.25, 0.3) is 10.8 Å². The molecule has 4 rings (SSSR count). The van der Waals surface area contributed by atoms with E-state index in [0.29, 0.717) is 13.1 Å². The van der Waals surface area contributed by atoms with Crippen LogP contribution in [0, 0.1) is 18.6 Å². The first kappa shape index (κ1) is 19.3. The first-order chi connectivity index (χ1) is 14.0. The van der Waals surface area contributed by atoms with Crippen molar-refractivity contribution in [2.45, 2.75) is 25.7 Å². The summed E-state index contributed by atoms with van der Waals surface area (Å²) in [5.41, 5.74) is 1.83. The molecular formula is C23H22F2N2O2. The van der Waals surface area contributed by atoms with Crippen LogP contribution in [0.4, 0.5) is 8.78 Å². The number of aryl methyl sites for hydroxylation is 1. The third-order valence-corrected chi connectivity index (χ3v) is 5.62. The molecule has 0 spiro atoms. The molecule has 2 heterocycles. The highest BCUT2D eigenvalue weighted by Crippen LogP contribution is 2.31. The van der Waals surface area contributed by atoms with Crippen LogP contribution in [0.15, 0.2) is 42.6 Å². The predicted molar refractivity (Wildman–Crippen MR) is 107 cm³/mol. The topological polar surface area (TPSA) is 42.4 Å². The van der Waals surface area contributed by atoms with Gasteiger partial charge in [-0.2, -0.15) is 0 Å². The lowest BCUT2D eigenvalue weighted by Gasteiger charge is -2.32. The molecule has 1 aliphatic rings. The molecule has 2 aromatic carbocycles. The summed E-state index contributed by atoms with van der Waals surface area (Å²) in [6.45, 7) is 2.97.